The minimum absolute atomic E-state index is 0.0273. The third-order valence-corrected chi connectivity index (χ3v) is 5.71. The van der Waals surface area contributed by atoms with E-state index in [-0.39, 0.29) is 5.91 Å². The molecule has 0 fully saturated rings. The Morgan fingerprint density at radius 1 is 1.13 bits per heavy atom. The molecule has 4 rings (SSSR count). The van der Waals surface area contributed by atoms with E-state index in [9.17, 15) is 4.79 Å². The van der Waals surface area contributed by atoms with Crippen LogP contribution < -0.4 is 10.1 Å². The van der Waals surface area contributed by atoms with Gasteiger partial charge < -0.3 is 14.6 Å². The molecule has 3 aromatic rings. The lowest BCUT2D eigenvalue weighted by Crippen LogP contribution is -2.13. The first kappa shape index (κ1) is 21.4. The van der Waals surface area contributed by atoms with Crippen molar-refractivity contribution in [3.05, 3.63) is 58.9 Å². The number of rotatable bonds is 7. The molecule has 2 aromatic carbocycles. The van der Waals surface area contributed by atoms with Gasteiger partial charge in [-0.1, -0.05) is 18.0 Å². The second-order valence-corrected chi connectivity index (χ2v) is 8.33. The second kappa shape index (κ2) is 9.96. The van der Waals surface area contributed by atoms with Gasteiger partial charge in [0.25, 0.3) is 0 Å². The number of anilines is 1. The highest BCUT2D eigenvalue weighted by molar-refractivity contribution is 6.30. The van der Waals surface area contributed by atoms with Crippen LogP contribution in [0.1, 0.15) is 43.5 Å². The second-order valence-electron chi connectivity index (χ2n) is 7.89. The van der Waals surface area contributed by atoms with Crippen molar-refractivity contribution >= 4 is 23.2 Å². The van der Waals surface area contributed by atoms with E-state index in [4.69, 9.17) is 16.3 Å². The SMILES string of the molecule is Cc1cc(Cl)ccc1OCCCC(=O)Nc1ccc(-c2nnc3n2CCCCC3)cc1. The van der Waals surface area contributed by atoms with Crippen molar-refractivity contribution in [1.82, 2.24) is 14.8 Å². The Kier molecular flexibility index (Phi) is 6.87. The quantitative estimate of drug-likeness (QED) is 0.499. The Labute approximate surface area is 187 Å². The van der Waals surface area contributed by atoms with Crippen LogP contribution in [0.2, 0.25) is 5.02 Å². The zero-order valence-electron chi connectivity index (χ0n) is 17.7. The first-order valence-corrected chi connectivity index (χ1v) is 11.2. The highest BCUT2D eigenvalue weighted by Crippen LogP contribution is 2.24. The number of hydrogen-bond donors (Lipinski definition) is 1. The molecule has 0 saturated carbocycles. The van der Waals surface area contributed by atoms with Gasteiger partial charge in [0.05, 0.1) is 6.61 Å². The topological polar surface area (TPSA) is 69.0 Å². The zero-order chi connectivity index (χ0) is 21.6. The minimum atomic E-state index is -0.0273. The summed E-state index contributed by atoms with van der Waals surface area (Å²) in [4.78, 5) is 12.3. The number of carbonyl (C=O) groups excluding carboxylic acids is 1. The summed E-state index contributed by atoms with van der Waals surface area (Å²) in [6, 6.07) is 13.3. The summed E-state index contributed by atoms with van der Waals surface area (Å²) in [5, 5.41) is 12.4. The van der Waals surface area contributed by atoms with Gasteiger partial charge in [-0.05, 0) is 74.2 Å². The Morgan fingerprint density at radius 3 is 2.77 bits per heavy atom. The molecular formula is C24H27ClN4O2. The number of carbonyl (C=O) groups is 1. The molecule has 6 nitrogen and oxygen atoms in total. The Morgan fingerprint density at radius 2 is 1.97 bits per heavy atom. The van der Waals surface area contributed by atoms with Gasteiger partial charge in [0.15, 0.2) is 5.82 Å². The Bertz CT molecular complexity index is 1050. The minimum Gasteiger partial charge on any atom is -0.493 e. The molecule has 1 amide bonds. The third kappa shape index (κ3) is 5.44. The van der Waals surface area contributed by atoms with E-state index in [1.54, 1.807) is 6.07 Å². The van der Waals surface area contributed by atoms with Crippen LogP contribution in [0, 0.1) is 6.92 Å². The number of fused-ring (bicyclic) bond motifs is 1. The predicted octanol–water partition coefficient (Wildman–Crippen LogP) is 5.43. The van der Waals surface area contributed by atoms with Gasteiger partial charge >= 0.3 is 0 Å². The molecule has 0 saturated heterocycles. The van der Waals surface area contributed by atoms with E-state index in [1.807, 2.05) is 43.3 Å². The Hall–Kier alpha value is -2.86. The highest BCUT2D eigenvalue weighted by atomic mass is 35.5. The molecule has 1 aliphatic heterocycles. The van der Waals surface area contributed by atoms with Crippen molar-refractivity contribution in [3.8, 4) is 17.1 Å². The lowest BCUT2D eigenvalue weighted by Gasteiger charge is -2.10. The number of amides is 1. The largest absolute Gasteiger partial charge is 0.493 e. The molecule has 1 aromatic heterocycles. The maximum Gasteiger partial charge on any atom is 0.224 e. The van der Waals surface area contributed by atoms with Gasteiger partial charge in [0.1, 0.15) is 11.6 Å². The maximum atomic E-state index is 12.3. The predicted molar refractivity (Wildman–Crippen MR) is 123 cm³/mol. The molecule has 1 aliphatic rings. The summed E-state index contributed by atoms with van der Waals surface area (Å²) < 4.78 is 7.98. The first-order chi connectivity index (χ1) is 15.1. The van der Waals surface area contributed by atoms with E-state index in [2.05, 4.69) is 20.1 Å². The van der Waals surface area contributed by atoms with Gasteiger partial charge in [-0.3, -0.25) is 4.79 Å². The molecule has 0 unspecified atom stereocenters. The first-order valence-electron chi connectivity index (χ1n) is 10.8. The molecular weight excluding hydrogens is 412 g/mol. The van der Waals surface area contributed by atoms with Crippen molar-refractivity contribution < 1.29 is 9.53 Å². The molecule has 0 spiro atoms. The van der Waals surface area contributed by atoms with Crippen LogP contribution in [0.3, 0.4) is 0 Å². The summed E-state index contributed by atoms with van der Waals surface area (Å²) in [6.45, 7) is 3.40. The van der Waals surface area contributed by atoms with Gasteiger partial charge in [-0.25, -0.2) is 0 Å². The van der Waals surface area contributed by atoms with Crippen molar-refractivity contribution in [3.63, 3.8) is 0 Å². The fourth-order valence-electron chi connectivity index (χ4n) is 3.81. The zero-order valence-corrected chi connectivity index (χ0v) is 18.5. The fourth-order valence-corrected chi connectivity index (χ4v) is 4.04. The Balaban J connectivity index is 1.27. The molecule has 31 heavy (non-hydrogen) atoms. The maximum absolute atomic E-state index is 12.3. The van der Waals surface area contributed by atoms with Gasteiger partial charge in [-0.15, -0.1) is 10.2 Å². The molecule has 1 N–H and O–H groups in total. The summed E-state index contributed by atoms with van der Waals surface area (Å²) in [5.74, 6) is 2.75. The van der Waals surface area contributed by atoms with E-state index >= 15 is 0 Å². The van der Waals surface area contributed by atoms with Gasteiger partial charge in [-0.2, -0.15) is 0 Å². The van der Waals surface area contributed by atoms with Gasteiger partial charge in [0.2, 0.25) is 5.91 Å². The molecule has 2 heterocycles. The average Bonchev–Trinajstić information content (AvgIpc) is 3.01. The molecule has 0 aliphatic carbocycles. The number of aryl methyl sites for hydroxylation is 2. The number of nitrogens with one attached hydrogen (secondary N) is 1. The van der Waals surface area contributed by atoms with Crippen LogP contribution in [0.15, 0.2) is 42.5 Å². The van der Waals surface area contributed by atoms with E-state index in [0.29, 0.717) is 24.5 Å². The molecule has 0 atom stereocenters. The lowest BCUT2D eigenvalue weighted by atomic mass is 10.2. The number of hydrogen-bond acceptors (Lipinski definition) is 4. The molecule has 0 bridgehead atoms. The van der Waals surface area contributed by atoms with Crippen molar-refractivity contribution in [2.45, 2.75) is 52.0 Å². The fraction of sp³-hybridized carbons (Fsp3) is 0.375. The molecule has 162 valence electrons. The standard InChI is InChI=1S/C24H27ClN4O2/c1-17-16-19(25)10-13-21(17)31-15-5-7-23(30)26-20-11-8-18(9-12-20)24-28-27-22-6-3-2-4-14-29(22)24/h8-13,16H,2-7,14-15H2,1H3,(H,26,30). The monoisotopic (exact) mass is 438 g/mol. The van der Waals surface area contributed by atoms with Crippen LogP contribution in [-0.4, -0.2) is 27.3 Å². The highest BCUT2D eigenvalue weighted by Gasteiger charge is 2.16. The molecule has 7 heteroatoms. The normalized spacial score (nSPS) is 13.4. The van der Waals surface area contributed by atoms with Crippen LogP contribution >= 0.6 is 11.6 Å². The summed E-state index contributed by atoms with van der Waals surface area (Å²) >= 11 is 5.96. The van der Waals surface area contributed by atoms with E-state index < -0.39 is 0 Å². The number of aromatic nitrogens is 3. The van der Waals surface area contributed by atoms with E-state index in [1.165, 1.54) is 12.8 Å². The summed E-state index contributed by atoms with van der Waals surface area (Å²) in [7, 11) is 0. The van der Waals surface area contributed by atoms with Crippen LogP contribution in [-0.2, 0) is 17.8 Å². The van der Waals surface area contributed by atoms with Crippen LogP contribution in [0.4, 0.5) is 5.69 Å². The van der Waals surface area contributed by atoms with Crippen LogP contribution in [0.5, 0.6) is 5.75 Å². The third-order valence-electron chi connectivity index (χ3n) is 5.48. The number of halogens is 1. The summed E-state index contributed by atoms with van der Waals surface area (Å²) in [5.41, 5.74) is 2.78. The van der Waals surface area contributed by atoms with Crippen LogP contribution in [0.25, 0.3) is 11.4 Å². The van der Waals surface area contributed by atoms with Gasteiger partial charge in [0, 0.05) is 35.7 Å². The lowest BCUT2D eigenvalue weighted by molar-refractivity contribution is -0.116. The van der Waals surface area contributed by atoms with Crippen molar-refractivity contribution in [2.75, 3.05) is 11.9 Å². The van der Waals surface area contributed by atoms with Crippen molar-refractivity contribution in [1.29, 1.82) is 0 Å². The molecule has 0 radical (unpaired) electrons. The van der Waals surface area contributed by atoms with Crippen molar-refractivity contribution in [2.24, 2.45) is 0 Å². The van der Waals surface area contributed by atoms with E-state index in [0.717, 1.165) is 53.6 Å². The number of benzene rings is 2. The smallest absolute Gasteiger partial charge is 0.224 e. The summed E-state index contributed by atoms with van der Waals surface area (Å²) in [6.07, 6.45) is 5.59. The number of nitrogens with zero attached hydrogens (tertiary/aromatic N) is 3. The number of ether oxygens (including phenoxy) is 1. The average molecular weight is 439 g/mol.